The third kappa shape index (κ3) is 11.5. The summed E-state index contributed by atoms with van der Waals surface area (Å²) >= 11 is 3.93. The van der Waals surface area contributed by atoms with Crippen LogP contribution in [-0.2, 0) is 28.8 Å². The van der Waals surface area contributed by atoms with Crippen LogP contribution < -0.4 is 27.4 Å². The third-order valence-corrected chi connectivity index (χ3v) is 4.57. The zero-order valence-corrected chi connectivity index (χ0v) is 18.8. The molecule has 13 nitrogen and oxygen atoms in total. The highest BCUT2D eigenvalue weighted by Crippen LogP contribution is 2.08. The van der Waals surface area contributed by atoms with Crippen molar-refractivity contribution in [3.8, 4) is 0 Å². The molecule has 0 aromatic rings. The van der Waals surface area contributed by atoms with E-state index in [0.29, 0.717) is 0 Å². The second-order valence-corrected chi connectivity index (χ2v) is 7.91. The maximum absolute atomic E-state index is 12.8. The van der Waals surface area contributed by atoms with Gasteiger partial charge in [-0.3, -0.25) is 24.0 Å². The molecule has 0 aliphatic rings. The van der Waals surface area contributed by atoms with Gasteiger partial charge in [-0.1, -0.05) is 13.8 Å². The molecule has 0 heterocycles. The average molecular weight is 478 g/mol. The van der Waals surface area contributed by atoms with E-state index in [9.17, 15) is 28.8 Å². The van der Waals surface area contributed by atoms with Crippen molar-refractivity contribution in [1.29, 1.82) is 0 Å². The van der Waals surface area contributed by atoms with E-state index in [1.807, 2.05) is 5.32 Å². The molecule has 0 saturated heterocycles. The van der Waals surface area contributed by atoms with Crippen molar-refractivity contribution in [2.24, 2.45) is 17.4 Å². The van der Waals surface area contributed by atoms with Crippen molar-refractivity contribution >= 4 is 48.2 Å². The molecule has 9 N–H and O–H groups in total. The van der Waals surface area contributed by atoms with E-state index in [4.69, 9.17) is 21.7 Å². The van der Waals surface area contributed by atoms with Crippen LogP contribution in [0.15, 0.2) is 0 Å². The minimum Gasteiger partial charge on any atom is -0.481 e. The smallest absolute Gasteiger partial charge is 0.326 e. The zero-order chi connectivity index (χ0) is 25.0. The molecular formula is C18H31N5O8S. The molecule has 0 saturated carbocycles. The highest BCUT2D eigenvalue weighted by molar-refractivity contribution is 7.80. The fourth-order valence-electron chi connectivity index (χ4n) is 2.54. The number of primary amides is 1. The van der Waals surface area contributed by atoms with Gasteiger partial charge in [0.25, 0.3) is 0 Å². The first-order valence-corrected chi connectivity index (χ1v) is 10.4. The van der Waals surface area contributed by atoms with Crippen LogP contribution in [0.3, 0.4) is 0 Å². The number of carbonyl (C=O) groups excluding carboxylic acids is 4. The molecule has 4 unspecified atom stereocenters. The Morgan fingerprint density at radius 3 is 1.81 bits per heavy atom. The first-order valence-electron chi connectivity index (χ1n) is 9.78. The van der Waals surface area contributed by atoms with E-state index in [0.717, 1.165) is 0 Å². The molecule has 4 amide bonds. The molecule has 182 valence electrons. The summed E-state index contributed by atoms with van der Waals surface area (Å²) in [6.45, 7) is 3.59. The zero-order valence-electron chi connectivity index (χ0n) is 17.9. The Kier molecular flexibility index (Phi) is 13.0. The van der Waals surface area contributed by atoms with Gasteiger partial charge in [0.1, 0.15) is 18.1 Å². The number of nitrogens with two attached hydrogens (primary N) is 2. The monoisotopic (exact) mass is 477 g/mol. The van der Waals surface area contributed by atoms with E-state index < -0.39 is 66.2 Å². The summed E-state index contributed by atoms with van der Waals surface area (Å²) in [5, 5.41) is 24.8. The number of thiol groups is 1. The van der Waals surface area contributed by atoms with Gasteiger partial charge in [-0.2, -0.15) is 12.6 Å². The third-order valence-electron chi connectivity index (χ3n) is 4.18. The Morgan fingerprint density at radius 2 is 1.38 bits per heavy atom. The SMILES string of the molecule is CC(C)CC(NC(=O)C(N)CS)C(=O)NC(CCC(N)=O)C(=O)NC(CC(=O)O)C(=O)O. The van der Waals surface area contributed by atoms with Crippen LogP contribution in [0.5, 0.6) is 0 Å². The number of aliphatic carboxylic acids is 2. The number of hydrogen-bond acceptors (Lipinski definition) is 8. The Balaban J connectivity index is 5.55. The van der Waals surface area contributed by atoms with Crippen LogP contribution in [0, 0.1) is 5.92 Å². The number of rotatable bonds is 15. The van der Waals surface area contributed by atoms with Gasteiger partial charge in [-0.25, -0.2) is 4.79 Å². The molecule has 0 aliphatic heterocycles. The summed E-state index contributed by atoms with van der Waals surface area (Å²) in [4.78, 5) is 70.6. The minimum absolute atomic E-state index is 0.0334. The lowest BCUT2D eigenvalue weighted by Gasteiger charge is -2.25. The Morgan fingerprint density at radius 1 is 0.875 bits per heavy atom. The van der Waals surface area contributed by atoms with Crippen molar-refractivity contribution in [1.82, 2.24) is 16.0 Å². The van der Waals surface area contributed by atoms with Crippen molar-refractivity contribution < 1.29 is 39.0 Å². The fourth-order valence-corrected chi connectivity index (χ4v) is 2.71. The number of hydrogen-bond donors (Lipinski definition) is 8. The van der Waals surface area contributed by atoms with Crippen molar-refractivity contribution in [3.63, 3.8) is 0 Å². The normalized spacial score (nSPS) is 14.5. The molecule has 14 heteroatoms. The van der Waals surface area contributed by atoms with E-state index in [2.05, 4.69) is 23.3 Å². The summed E-state index contributed by atoms with van der Waals surface area (Å²) in [5.74, 6) is -6.25. The van der Waals surface area contributed by atoms with Crippen molar-refractivity contribution in [2.75, 3.05) is 5.75 Å². The van der Waals surface area contributed by atoms with E-state index in [1.165, 1.54) is 0 Å². The van der Waals surface area contributed by atoms with E-state index in [-0.39, 0.29) is 30.9 Å². The number of nitrogens with one attached hydrogen (secondary N) is 3. The van der Waals surface area contributed by atoms with Crippen molar-refractivity contribution in [3.05, 3.63) is 0 Å². The van der Waals surface area contributed by atoms with Gasteiger partial charge in [-0.15, -0.1) is 0 Å². The fraction of sp³-hybridized carbons (Fsp3) is 0.667. The van der Waals surface area contributed by atoms with Crippen LogP contribution in [-0.4, -0.2) is 75.7 Å². The molecule has 0 radical (unpaired) electrons. The summed E-state index contributed by atoms with van der Waals surface area (Å²) < 4.78 is 0. The Bertz CT molecular complexity index is 717. The Hall–Kier alpha value is -2.87. The quantitative estimate of drug-likeness (QED) is 0.117. The van der Waals surface area contributed by atoms with Crippen LogP contribution in [0.2, 0.25) is 0 Å². The maximum Gasteiger partial charge on any atom is 0.326 e. The molecule has 4 atom stereocenters. The van der Waals surface area contributed by atoms with Crippen LogP contribution >= 0.6 is 12.6 Å². The largest absolute Gasteiger partial charge is 0.481 e. The maximum atomic E-state index is 12.8. The predicted molar refractivity (Wildman–Crippen MR) is 115 cm³/mol. The summed E-state index contributed by atoms with van der Waals surface area (Å²) in [7, 11) is 0. The van der Waals surface area contributed by atoms with Crippen LogP contribution in [0.4, 0.5) is 0 Å². The van der Waals surface area contributed by atoms with Gasteiger partial charge in [0.05, 0.1) is 12.5 Å². The minimum atomic E-state index is -1.76. The molecular weight excluding hydrogens is 446 g/mol. The molecule has 0 bridgehead atoms. The van der Waals surface area contributed by atoms with Crippen LogP contribution in [0.25, 0.3) is 0 Å². The molecule has 0 spiro atoms. The highest BCUT2D eigenvalue weighted by atomic mass is 32.1. The van der Waals surface area contributed by atoms with E-state index in [1.54, 1.807) is 13.8 Å². The predicted octanol–water partition coefficient (Wildman–Crippen LogP) is -2.43. The lowest BCUT2D eigenvalue weighted by atomic mass is 10.0. The first-order chi connectivity index (χ1) is 14.8. The summed E-state index contributed by atoms with van der Waals surface area (Å²) in [5.41, 5.74) is 10.7. The second-order valence-electron chi connectivity index (χ2n) is 7.54. The Labute approximate surface area is 190 Å². The van der Waals surface area contributed by atoms with Gasteiger partial charge in [-0.05, 0) is 18.8 Å². The van der Waals surface area contributed by atoms with E-state index >= 15 is 0 Å². The average Bonchev–Trinajstić information content (AvgIpc) is 2.67. The molecule has 0 fully saturated rings. The molecule has 0 aromatic carbocycles. The molecule has 0 aromatic heterocycles. The lowest BCUT2D eigenvalue weighted by molar-refractivity contribution is -0.147. The molecule has 0 rings (SSSR count). The highest BCUT2D eigenvalue weighted by Gasteiger charge is 2.31. The lowest BCUT2D eigenvalue weighted by Crippen LogP contribution is -2.57. The second kappa shape index (κ2) is 14.2. The standard InChI is InChI=1S/C18H31N5O8S/c1-8(2)5-11(22-15(27)9(19)7-32)17(29)21-10(3-4-13(20)24)16(28)23-12(18(30)31)6-14(25)26/h8-12,32H,3-7,19H2,1-2H3,(H2,20,24)(H,21,29)(H,22,27)(H,23,28)(H,25,26)(H,30,31). The number of carboxylic acid groups (broad SMARTS) is 2. The van der Waals surface area contributed by atoms with Gasteiger partial charge >= 0.3 is 11.9 Å². The molecule has 0 aliphatic carbocycles. The van der Waals surface area contributed by atoms with Crippen LogP contribution in [0.1, 0.15) is 39.5 Å². The molecule has 32 heavy (non-hydrogen) atoms. The van der Waals surface area contributed by atoms with Gasteiger partial charge in [0, 0.05) is 12.2 Å². The topological polar surface area (TPSA) is 231 Å². The number of amides is 4. The van der Waals surface area contributed by atoms with Gasteiger partial charge in [0.2, 0.25) is 23.6 Å². The number of carbonyl (C=O) groups is 6. The summed E-state index contributed by atoms with van der Waals surface area (Å²) in [6, 6.07) is -5.21. The van der Waals surface area contributed by atoms with Gasteiger partial charge in [0.15, 0.2) is 0 Å². The first kappa shape index (κ1) is 29.1. The summed E-state index contributed by atoms with van der Waals surface area (Å²) in [6.07, 6.45) is -1.30. The number of carboxylic acids is 2. The van der Waals surface area contributed by atoms with Crippen molar-refractivity contribution in [2.45, 2.75) is 63.7 Å². The van der Waals surface area contributed by atoms with Gasteiger partial charge < -0.3 is 37.6 Å².